The number of hydrogen-bond acceptors (Lipinski definition) is 2. The van der Waals surface area contributed by atoms with E-state index in [4.69, 9.17) is 10.8 Å². The van der Waals surface area contributed by atoms with Crippen molar-refractivity contribution in [2.75, 3.05) is 0 Å². The molecule has 0 aliphatic rings. The van der Waals surface area contributed by atoms with E-state index in [0.717, 1.165) is 29.7 Å². The normalized spacial score (nSPS) is 12.7. The molecule has 2 aromatic rings. The lowest BCUT2D eigenvalue weighted by Gasteiger charge is -2.11. The van der Waals surface area contributed by atoms with Gasteiger partial charge in [0.25, 0.3) is 0 Å². The highest BCUT2D eigenvalue weighted by Gasteiger charge is 2.18. The summed E-state index contributed by atoms with van der Waals surface area (Å²) in [5, 5.41) is 4.72. The third kappa shape index (κ3) is 3.16. The van der Waals surface area contributed by atoms with Crippen molar-refractivity contribution in [2.24, 2.45) is 5.73 Å². The Morgan fingerprint density at radius 3 is 2.52 bits per heavy atom. The van der Waals surface area contributed by atoms with Crippen molar-refractivity contribution in [1.82, 2.24) is 9.78 Å². The molecule has 1 atom stereocenters. The first-order valence-electron chi connectivity index (χ1n) is 7.56. The average molecular weight is 289 g/mol. The molecule has 3 nitrogen and oxygen atoms in total. The molecule has 1 aromatic heterocycles. The van der Waals surface area contributed by atoms with Crippen molar-refractivity contribution < 1.29 is 4.39 Å². The van der Waals surface area contributed by atoms with Crippen molar-refractivity contribution in [3.63, 3.8) is 0 Å². The van der Waals surface area contributed by atoms with Crippen LogP contribution in [-0.4, -0.2) is 9.78 Å². The predicted octanol–water partition coefficient (Wildman–Crippen LogP) is 3.52. The Bertz CT molecular complexity index is 629. The highest BCUT2D eigenvalue weighted by atomic mass is 19.1. The second kappa shape index (κ2) is 6.39. The van der Waals surface area contributed by atoms with Crippen molar-refractivity contribution in [2.45, 2.75) is 53.1 Å². The van der Waals surface area contributed by atoms with Crippen LogP contribution in [-0.2, 0) is 19.4 Å². The van der Waals surface area contributed by atoms with Gasteiger partial charge in [-0.2, -0.15) is 5.10 Å². The van der Waals surface area contributed by atoms with Crippen LogP contribution in [0.2, 0.25) is 0 Å². The quantitative estimate of drug-likeness (QED) is 0.915. The molecule has 0 fully saturated rings. The van der Waals surface area contributed by atoms with Crippen LogP contribution >= 0.6 is 0 Å². The summed E-state index contributed by atoms with van der Waals surface area (Å²) >= 11 is 0. The lowest BCUT2D eigenvalue weighted by molar-refractivity contribution is 0.616. The molecule has 0 radical (unpaired) electrons. The van der Waals surface area contributed by atoms with Crippen LogP contribution < -0.4 is 5.73 Å². The Labute approximate surface area is 126 Å². The van der Waals surface area contributed by atoms with Crippen LogP contribution in [0.3, 0.4) is 0 Å². The fourth-order valence-electron chi connectivity index (χ4n) is 2.85. The first-order valence-corrected chi connectivity index (χ1v) is 7.56. The molecule has 0 aliphatic heterocycles. The largest absolute Gasteiger partial charge is 0.324 e. The molecule has 1 unspecified atom stereocenters. The number of benzene rings is 1. The summed E-state index contributed by atoms with van der Waals surface area (Å²) in [6.07, 6.45) is 1.77. The number of aromatic nitrogens is 2. The van der Waals surface area contributed by atoms with Crippen LogP contribution in [0.5, 0.6) is 0 Å². The molecular formula is C17H24FN3. The van der Waals surface area contributed by atoms with Crippen LogP contribution in [0.25, 0.3) is 0 Å². The van der Waals surface area contributed by atoms with Crippen LogP contribution in [0, 0.1) is 12.7 Å². The van der Waals surface area contributed by atoms with Crippen LogP contribution in [0.15, 0.2) is 18.2 Å². The maximum atomic E-state index is 13.2. The summed E-state index contributed by atoms with van der Waals surface area (Å²) in [5.41, 5.74) is 11.6. The predicted molar refractivity (Wildman–Crippen MR) is 83.8 cm³/mol. The van der Waals surface area contributed by atoms with E-state index in [1.54, 1.807) is 6.07 Å². The maximum Gasteiger partial charge on any atom is 0.123 e. The third-order valence-corrected chi connectivity index (χ3v) is 3.92. The molecule has 4 heteroatoms. The Hall–Kier alpha value is -1.68. The minimum Gasteiger partial charge on any atom is -0.324 e. The number of rotatable bonds is 5. The SMILES string of the molecule is CCc1nn(Cc2ccc(F)cc2C)c(CC)c1C(C)N. The third-order valence-electron chi connectivity index (χ3n) is 3.92. The van der Waals surface area contributed by atoms with Gasteiger partial charge < -0.3 is 5.73 Å². The van der Waals surface area contributed by atoms with E-state index in [0.29, 0.717) is 6.54 Å². The molecule has 114 valence electrons. The summed E-state index contributed by atoms with van der Waals surface area (Å²) < 4.78 is 15.2. The molecule has 0 saturated heterocycles. The maximum absolute atomic E-state index is 13.2. The lowest BCUT2D eigenvalue weighted by Crippen LogP contribution is -2.11. The van der Waals surface area contributed by atoms with Crippen molar-refractivity contribution in [1.29, 1.82) is 0 Å². The van der Waals surface area contributed by atoms with Crippen molar-refractivity contribution >= 4 is 0 Å². The second-order valence-corrected chi connectivity index (χ2v) is 5.53. The van der Waals surface area contributed by atoms with Gasteiger partial charge in [0, 0.05) is 17.3 Å². The summed E-state index contributed by atoms with van der Waals surface area (Å²) in [5.74, 6) is -0.196. The van der Waals surface area contributed by atoms with Gasteiger partial charge in [0.05, 0.1) is 12.2 Å². The average Bonchev–Trinajstić information content (AvgIpc) is 2.79. The minimum atomic E-state index is -0.196. The van der Waals surface area contributed by atoms with Gasteiger partial charge in [0.1, 0.15) is 5.82 Å². The molecule has 2 rings (SSSR count). The first kappa shape index (κ1) is 15.7. The Balaban J connectivity index is 2.44. The van der Waals surface area contributed by atoms with Crippen molar-refractivity contribution in [3.05, 3.63) is 52.1 Å². The van der Waals surface area contributed by atoms with Gasteiger partial charge in [0.15, 0.2) is 0 Å². The van der Waals surface area contributed by atoms with E-state index in [-0.39, 0.29) is 11.9 Å². The van der Waals surface area contributed by atoms with Gasteiger partial charge in [-0.3, -0.25) is 4.68 Å². The molecule has 2 N–H and O–H groups in total. The summed E-state index contributed by atoms with van der Waals surface area (Å²) in [4.78, 5) is 0. The second-order valence-electron chi connectivity index (χ2n) is 5.53. The molecule has 1 heterocycles. The Kier molecular flexibility index (Phi) is 4.78. The summed E-state index contributed by atoms with van der Waals surface area (Å²) in [6.45, 7) is 8.82. The highest BCUT2D eigenvalue weighted by Crippen LogP contribution is 2.23. The van der Waals surface area contributed by atoms with Crippen LogP contribution in [0.4, 0.5) is 4.39 Å². The first-order chi connectivity index (χ1) is 9.97. The van der Waals surface area contributed by atoms with Crippen molar-refractivity contribution in [3.8, 4) is 0 Å². The number of halogens is 1. The van der Waals surface area contributed by atoms with E-state index >= 15 is 0 Å². The zero-order valence-electron chi connectivity index (χ0n) is 13.3. The zero-order valence-corrected chi connectivity index (χ0v) is 13.3. The smallest absolute Gasteiger partial charge is 0.123 e. The van der Waals surface area contributed by atoms with E-state index < -0.39 is 0 Å². The van der Waals surface area contributed by atoms with E-state index in [1.807, 2.05) is 24.6 Å². The topological polar surface area (TPSA) is 43.8 Å². The minimum absolute atomic E-state index is 0.0158. The molecule has 0 spiro atoms. The standard InChI is InChI=1S/C17H24FN3/c1-5-15-17(12(4)19)16(6-2)21(20-15)10-13-7-8-14(18)9-11(13)3/h7-9,12H,5-6,10,19H2,1-4H3. The fourth-order valence-corrected chi connectivity index (χ4v) is 2.85. The molecular weight excluding hydrogens is 265 g/mol. The molecule has 1 aromatic carbocycles. The van der Waals surface area contributed by atoms with Gasteiger partial charge in [0.2, 0.25) is 0 Å². The summed E-state index contributed by atoms with van der Waals surface area (Å²) in [7, 11) is 0. The van der Waals surface area contributed by atoms with E-state index in [2.05, 4.69) is 13.8 Å². The highest BCUT2D eigenvalue weighted by molar-refractivity contribution is 5.32. The molecule has 0 bridgehead atoms. The van der Waals surface area contributed by atoms with Gasteiger partial charge in [-0.15, -0.1) is 0 Å². The molecule has 0 amide bonds. The number of aryl methyl sites for hydroxylation is 2. The van der Waals surface area contributed by atoms with Gasteiger partial charge in [-0.25, -0.2) is 4.39 Å². The number of hydrogen-bond donors (Lipinski definition) is 1. The fraction of sp³-hybridized carbons (Fsp3) is 0.471. The molecule has 0 saturated carbocycles. The van der Waals surface area contributed by atoms with Crippen LogP contribution in [0.1, 0.15) is 54.9 Å². The van der Waals surface area contributed by atoms with E-state index in [9.17, 15) is 4.39 Å². The summed E-state index contributed by atoms with van der Waals surface area (Å²) in [6, 6.07) is 4.89. The lowest BCUT2D eigenvalue weighted by atomic mass is 10.0. The van der Waals surface area contributed by atoms with Gasteiger partial charge >= 0.3 is 0 Å². The molecule has 0 aliphatic carbocycles. The number of nitrogens with two attached hydrogens (primary N) is 1. The Morgan fingerprint density at radius 2 is 2.00 bits per heavy atom. The zero-order chi connectivity index (χ0) is 15.6. The number of nitrogens with zero attached hydrogens (tertiary/aromatic N) is 2. The van der Waals surface area contributed by atoms with Gasteiger partial charge in [-0.05, 0) is 49.9 Å². The van der Waals surface area contributed by atoms with E-state index in [1.165, 1.54) is 17.3 Å². The Morgan fingerprint density at radius 1 is 1.29 bits per heavy atom. The molecule has 21 heavy (non-hydrogen) atoms. The van der Waals surface area contributed by atoms with Gasteiger partial charge in [-0.1, -0.05) is 19.9 Å². The monoisotopic (exact) mass is 289 g/mol.